The number of fused-ring (bicyclic) bond motifs is 1. The van der Waals surface area contributed by atoms with Crippen LogP contribution in [0.3, 0.4) is 0 Å². The number of nitrogens with one attached hydrogen (secondary N) is 1. The zero-order valence-electron chi connectivity index (χ0n) is 15.1. The molecule has 1 aliphatic heterocycles. The monoisotopic (exact) mass is 366 g/mol. The number of hydrogen-bond donors (Lipinski definition) is 2. The molecular formula is C20H22N4O3. The predicted octanol–water partition coefficient (Wildman–Crippen LogP) is 3.01. The third-order valence-electron chi connectivity index (χ3n) is 4.87. The van der Waals surface area contributed by atoms with E-state index in [0.717, 1.165) is 47.4 Å². The van der Waals surface area contributed by atoms with Gasteiger partial charge in [-0.05, 0) is 37.5 Å². The average Bonchev–Trinajstić information content (AvgIpc) is 2.96. The van der Waals surface area contributed by atoms with Gasteiger partial charge in [-0.25, -0.2) is 9.97 Å². The maximum Gasteiger partial charge on any atom is 0.153 e. The Labute approximate surface area is 157 Å². The zero-order chi connectivity index (χ0) is 18.6. The van der Waals surface area contributed by atoms with Crippen molar-refractivity contribution in [2.24, 2.45) is 5.10 Å². The number of methoxy groups -OCH3 is 1. The fourth-order valence-corrected chi connectivity index (χ4v) is 3.47. The maximum absolute atomic E-state index is 9.85. The van der Waals surface area contributed by atoms with Gasteiger partial charge in [0.1, 0.15) is 12.4 Å². The van der Waals surface area contributed by atoms with Gasteiger partial charge in [-0.1, -0.05) is 6.08 Å². The van der Waals surface area contributed by atoms with Gasteiger partial charge in [0.25, 0.3) is 0 Å². The first-order valence-electron chi connectivity index (χ1n) is 9.04. The summed E-state index contributed by atoms with van der Waals surface area (Å²) in [4.78, 5) is 8.88. The molecule has 2 heterocycles. The smallest absolute Gasteiger partial charge is 0.153 e. The second-order valence-corrected chi connectivity index (χ2v) is 6.59. The van der Waals surface area contributed by atoms with Crippen molar-refractivity contribution >= 4 is 18.0 Å². The number of benzene rings is 1. The van der Waals surface area contributed by atoms with Crippen LogP contribution in [0.4, 0.5) is 5.69 Å². The van der Waals surface area contributed by atoms with E-state index in [1.54, 1.807) is 25.7 Å². The maximum atomic E-state index is 9.85. The molecule has 1 aromatic heterocycles. The molecule has 2 aliphatic rings. The molecule has 0 spiro atoms. The molecule has 27 heavy (non-hydrogen) atoms. The molecule has 1 saturated carbocycles. The summed E-state index contributed by atoms with van der Waals surface area (Å²) >= 11 is 0. The van der Waals surface area contributed by atoms with Crippen molar-refractivity contribution in [3.8, 4) is 16.9 Å². The van der Waals surface area contributed by atoms with Gasteiger partial charge in [0.15, 0.2) is 5.82 Å². The summed E-state index contributed by atoms with van der Waals surface area (Å²) in [5.41, 5.74) is 6.63. The van der Waals surface area contributed by atoms with Gasteiger partial charge in [-0.2, -0.15) is 5.10 Å². The molecule has 0 unspecified atom stereocenters. The van der Waals surface area contributed by atoms with Gasteiger partial charge in [-0.3, -0.25) is 5.43 Å². The number of aromatic nitrogens is 2. The Hall–Kier alpha value is -2.77. The van der Waals surface area contributed by atoms with Crippen molar-refractivity contribution in [3.05, 3.63) is 42.0 Å². The van der Waals surface area contributed by atoms with E-state index in [1.165, 1.54) is 0 Å². The molecule has 0 radical (unpaired) electrons. The van der Waals surface area contributed by atoms with Gasteiger partial charge in [0.05, 0.1) is 25.0 Å². The van der Waals surface area contributed by atoms with Gasteiger partial charge in [0, 0.05) is 35.3 Å². The third kappa shape index (κ3) is 3.70. The number of allylic oxidation sites excluding steroid dienone is 1. The van der Waals surface area contributed by atoms with E-state index in [9.17, 15) is 5.11 Å². The fourth-order valence-electron chi connectivity index (χ4n) is 3.47. The lowest BCUT2D eigenvalue weighted by atomic mass is 9.98. The number of rotatable bonds is 5. The van der Waals surface area contributed by atoms with Crippen LogP contribution in [0, 0.1) is 0 Å². The van der Waals surface area contributed by atoms with Gasteiger partial charge < -0.3 is 14.6 Å². The molecule has 0 amide bonds. The third-order valence-corrected chi connectivity index (χ3v) is 4.87. The quantitative estimate of drug-likeness (QED) is 0.846. The first-order chi connectivity index (χ1) is 13.3. The number of nitrogens with zero attached hydrogens (tertiary/aromatic N) is 3. The second-order valence-electron chi connectivity index (χ2n) is 6.59. The Balaban J connectivity index is 1.58. The molecule has 140 valence electrons. The van der Waals surface area contributed by atoms with Crippen LogP contribution < -0.4 is 10.2 Å². The molecule has 1 fully saturated rings. The molecule has 2 N–H and O–H groups in total. The number of aliphatic hydroxyl groups excluding tert-OH is 1. The summed E-state index contributed by atoms with van der Waals surface area (Å²) in [5.74, 6) is 1.33. The fraction of sp³-hybridized carbons (Fsp3) is 0.350. The average molecular weight is 366 g/mol. The van der Waals surface area contributed by atoms with Gasteiger partial charge in [-0.15, -0.1) is 0 Å². The van der Waals surface area contributed by atoms with E-state index < -0.39 is 0 Å². The molecule has 1 aromatic carbocycles. The molecule has 0 bridgehead atoms. The molecule has 2 aromatic rings. The Morgan fingerprint density at radius 1 is 1.22 bits per heavy atom. The van der Waals surface area contributed by atoms with Crippen LogP contribution in [-0.2, 0) is 11.3 Å². The Bertz CT molecular complexity index is 864. The van der Waals surface area contributed by atoms with Crippen molar-refractivity contribution in [2.45, 2.75) is 38.1 Å². The molecule has 1 aliphatic carbocycles. The van der Waals surface area contributed by atoms with E-state index in [4.69, 9.17) is 9.47 Å². The van der Waals surface area contributed by atoms with Crippen LogP contribution in [0.25, 0.3) is 17.2 Å². The van der Waals surface area contributed by atoms with E-state index in [0.29, 0.717) is 12.4 Å². The standard InChI is InChI=1S/C20H22N4O3/c1-26-18-8-7-15-14(4-3-9-23-24-15)20(18)13-10-21-19(22-11-13)12-27-17-6-2-5-16(17)25/h3-4,7-11,16-17,24-25H,2,5-6,12H2,1H3/t16-,17-/m0/s1. The van der Waals surface area contributed by atoms with Crippen LogP contribution in [0.5, 0.6) is 5.75 Å². The Morgan fingerprint density at radius 2 is 2.07 bits per heavy atom. The Morgan fingerprint density at radius 3 is 2.81 bits per heavy atom. The van der Waals surface area contributed by atoms with Gasteiger partial charge in [0.2, 0.25) is 0 Å². The lowest BCUT2D eigenvalue weighted by Gasteiger charge is -2.16. The predicted molar refractivity (Wildman–Crippen MR) is 104 cm³/mol. The summed E-state index contributed by atoms with van der Waals surface area (Å²) in [7, 11) is 1.64. The van der Waals surface area contributed by atoms with Crippen molar-refractivity contribution in [2.75, 3.05) is 12.5 Å². The van der Waals surface area contributed by atoms with Gasteiger partial charge >= 0.3 is 0 Å². The van der Waals surface area contributed by atoms with Crippen molar-refractivity contribution < 1.29 is 14.6 Å². The molecule has 2 atom stereocenters. The number of anilines is 1. The minimum atomic E-state index is -0.380. The highest BCUT2D eigenvalue weighted by Crippen LogP contribution is 2.38. The minimum absolute atomic E-state index is 0.116. The summed E-state index contributed by atoms with van der Waals surface area (Å²) < 4.78 is 11.3. The molecular weight excluding hydrogens is 344 g/mol. The number of hydrazone groups is 1. The minimum Gasteiger partial charge on any atom is -0.496 e. The van der Waals surface area contributed by atoms with E-state index in [-0.39, 0.29) is 12.2 Å². The zero-order valence-corrected chi connectivity index (χ0v) is 15.1. The highest BCUT2D eigenvalue weighted by atomic mass is 16.5. The first kappa shape index (κ1) is 17.6. The van der Waals surface area contributed by atoms with E-state index in [2.05, 4.69) is 20.5 Å². The lowest BCUT2D eigenvalue weighted by molar-refractivity contribution is -0.0295. The lowest BCUT2D eigenvalue weighted by Crippen LogP contribution is -2.22. The van der Waals surface area contributed by atoms with Crippen molar-refractivity contribution in [1.82, 2.24) is 9.97 Å². The van der Waals surface area contributed by atoms with Crippen LogP contribution >= 0.6 is 0 Å². The second kappa shape index (κ2) is 7.85. The molecule has 4 rings (SSSR count). The van der Waals surface area contributed by atoms with Crippen LogP contribution in [0.2, 0.25) is 0 Å². The highest BCUT2D eigenvalue weighted by Gasteiger charge is 2.26. The Kier molecular flexibility index (Phi) is 5.13. The van der Waals surface area contributed by atoms with Crippen molar-refractivity contribution in [3.63, 3.8) is 0 Å². The van der Waals surface area contributed by atoms with Crippen LogP contribution in [0.1, 0.15) is 30.7 Å². The van der Waals surface area contributed by atoms with Crippen LogP contribution in [-0.4, -0.2) is 40.6 Å². The van der Waals surface area contributed by atoms with E-state index in [1.807, 2.05) is 24.3 Å². The normalized spacial score (nSPS) is 20.8. The van der Waals surface area contributed by atoms with E-state index >= 15 is 0 Å². The number of ether oxygens (including phenoxy) is 2. The largest absolute Gasteiger partial charge is 0.496 e. The highest BCUT2D eigenvalue weighted by molar-refractivity contribution is 5.92. The first-order valence-corrected chi connectivity index (χ1v) is 9.04. The van der Waals surface area contributed by atoms with Crippen molar-refractivity contribution in [1.29, 1.82) is 0 Å². The summed E-state index contributed by atoms with van der Waals surface area (Å²) in [5, 5.41) is 14.0. The molecule has 7 heteroatoms. The topological polar surface area (TPSA) is 88.9 Å². The summed E-state index contributed by atoms with van der Waals surface area (Å²) in [6.45, 7) is 0.293. The summed E-state index contributed by atoms with van der Waals surface area (Å²) in [6, 6.07) is 3.83. The SMILES string of the molecule is COc1ccc2c(c1-c1cnc(CO[C@H]3CCC[C@@H]3O)nc1)C=CC=NN2. The van der Waals surface area contributed by atoms with Crippen LogP contribution in [0.15, 0.2) is 35.7 Å². The number of aliphatic hydroxyl groups is 1. The number of hydrogen-bond acceptors (Lipinski definition) is 7. The summed E-state index contributed by atoms with van der Waals surface area (Å²) in [6.07, 6.45) is 11.3. The molecule has 0 saturated heterocycles. The molecule has 7 nitrogen and oxygen atoms in total.